The van der Waals surface area contributed by atoms with Crippen LogP contribution >= 0.6 is 0 Å². The molecule has 3 atom stereocenters. The highest BCUT2D eigenvalue weighted by atomic mass is 16.5. The van der Waals surface area contributed by atoms with E-state index in [-0.39, 0.29) is 0 Å². The minimum atomic E-state index is 0.619. The SMILES string of the molecule is CCC(C)C1CN(CCOCCOC)C(C)CCN1. The van der Waals surface area contributed by atoms with Crippen molar-refractivity contribution in [3.63, 3.8) is 0 Å². The smallest absolute Gasteiger partial charge is 0.0700 e. The summed E-state index contributed by atoms with van der Waals surface area (Å²) < 4.78 is 10.6. The van der Waals surface area contributed by atoms with Crippen LogP contribution in [0.4, 0.5) is 0 Å². The number of hydrogen-bond donors (Lipinski definition) is 1. The Bertz CT molecular complexity index is 226. The van der Waals surface area contributed by atoms with Gasteiger partial charge in [0.25, 0.3) is 0 Å². The standard InChI is InChI=1S/C15H32N2O2/c1-5-13(2)15-12-17(14(3)6-7-16-15)8-9-19-11-10-18-4/h13-16H,5-12H2,1-4H3. The van der Waals surface area contributed by atoms with E-state index in [1.165, 1.54) is 12.8 Å². The summed E-state index contributed by atoms with van der Waals surface area (Å²) in [6.07, 6.45) is 2.47. The zero-order valence-corrected chi connectivity index (χ0v) is 13.2. The first-order valence-electron chi connectivity index (χ1n) is 7.73. The number of rotatable bonds is 8. The molecule has 114 valence electrons. The molecule has 1 N–H and O–H groups in total. The Kier molecular flexibility index (Phi) is 8.62. The monoisotopic (exact) mass is 272 g/mol. The molecule has 0 aromatic heterocycles. The van der Waals surface area contributed by atoms with E-state index < -0.39 is 0 Å². The number of nitrogens with zero attached hydrogens (tertiary/aromatic N) is 1. The molecular weight excluding hydrogens is 240 g/mol. The van der Waals surface area contributed by atoms with Crippen LogP contribution in [0.2, 0.25) is 0 Å². The van der Waals surface area contributed by atoms with Crippen LogP contribution < -0.4 is 5.32 Å². The summed E-state index contributed by atoms with van der Waals surface area (Å²) in [6.45, 7) is 12.5. The van der Waals surface area contributed by atoms with Crippen molar-refractivity contribution in [2.75, 3.05) is 46.6 Å². The quantitative estimate of drug-likeness (QED) is 0.683. The van der Waals surface area contributed by atoms with Crippen molar-refractivity contribution in [2.45, 2.75) is 45.7 Å². The Hall–Kier alpha value is -0.160. The highest BCUT2D eigenvalue weighted by Gasteiger charge is 2.25. The largest absolute Gasteiger partial charge is 0.382 e. The van der Waals surface area contributed by atoms with Crippen LogP contribution in [-0.4, -0.2) is 63.5 Å². The molecule has 0 aliphatic carbocycles. The molecule has 0 radical (unpaired) electrons. The molecule has 1 saturated heterocycles. The molecule has 3 unspecified atom stereocenters. The van der Waals surface area contributed by atoms with Crippen LogP contribution in [0.1, 0.15) is 33.6 Å². The van der Waals surface area contributed by atoms with Gasteiger partial charge in [0.2, 0.25) is 0 Å². The Morgan fingerprint density at radius 2 is 2.11 bits per heavy atom. The predicted molar refractivity (Wildman–Crippen MR) is 79.6 cm³/mol. The van der Waals surface area contributed by atoms with Gasteiger partial charge in [-0.05, 0) is 25.8 Å². The van der Waals surface area contributed by atoms with E-state index in [0.717, 1.165) is 32.2 Å². The molecule has 19 heavy (non-hydrogen) atoms. The van der Waals surface area contributed by atoms with Crippen molar-refractivity contribution >= 4 is 0 Å². The molecule has 0 saturated carbocycles. The third kappa shape index (κ3) is 6.21. The van der Waals surface area contributed by atoms with Gasteiger partial charge in [-0.3, -0.25) is 4.90 Å². The number of ether oxygens (including phenoxy) is 2. The lowest BCUT2D eigenvalue weighted by Gasteiger charge is -2.31. The van der Waals surface area contributed by atoms with E-state index in [9.17, 15) is 0 Å². The molecule has 1 aliphatic rings. The Balaban J connectivity index is 2.34. The van der Waals surface area contributed by atoms with E-state index in [0.29, 0.717) is 25.3 Å². The second-order valence-corrected chi connectivity index (χ2v) is 5.68. The van der Waals surface area contributed by atoms with Crippen molar-refractivity contribution < 1.29 is 9.47 Å². The average Bonchev–Trinajstić information content (AvgIpc) is 2.60. The summed E-state index contributed by atoms with van der Waals surface area (Å²) >= 11 is 0. The molecule has 0 amide bonds. The van der Waals surface area contributed by atoms with E-state index in [4.69, 9.17) is 9.47 Å². The molecule has 1 aliphatic heterocycles. The van der Waals surface area contributed by atoms with Crippen LogP contribution in [0, 0.1) is 5.92 Å². The van der Waals surface area contributed by atoms with Gasteiger partial charge in [-0.15, -0.1) is 0 Å². The van der Waals surface area contributed by atoms with E-state index >= 15 is 0 Å². The first kappa shape index (κ1) is 16.9. The van der Waals surface area contributed by atoms with Gasteiger partial charge in [0.15, 0.2) is 0 Å². The molecule has 0 spiro atoms. The van der Waals surface area contributed by atoms with Gasteiger partial charge in [0.1, 0.15) is 0 Å². The minimum absolute atomic E-state index is 0.619. The predicted octanol–water partition coefficient (Wildman–Crippen LogP) is 1.75. The van der Waals surface area contributed by atoms with Gasteiger partial charge in [-0.1, -0.05) is 20.3 Å². The summed E-state index contributed by atoms with van der Waals surface area (Å²) in [4.78, 5) is 2.57. The summed E-state index contributed by atoms with van der Waals surface area (Å²) in [5.74, 6) is 0.738. The lowest BCUT2D eigenvalue weighted by molar-refractivity contribution is 0.0494. The molecule has 0 bridgehead atoms. The summed E-state index contributed by atoms with van der Waals surface area (Å²) in [6, 6.07) is 1.27. The minimum Gasteiger partial charge on any atom is -0.382 e. The van der Waals surface area contributed by atoms with Gasteiger partial charge in [-0.2, -0.15) is 0 Å². The average molecular weight is 272 g/mol. The highest BCUT2D eigenvalue weighted by molar-refractivity contribution is 4.83. The summed E-state index contributed by atoms with van der Waals surface area (Å²) in [5.41, 5.74) is 0. The topological polar surface area (TPSA) is 33.7 Å². The van der Waals surface area contributed by atoms with E-state index in [1.807, 2.05) is 0 Å². The van der Waals surface area contributed by atoms with Crippen LogP contribution in [-0.2, 0) is 9.47 Å². The second-order valence-electron chi connectivity index (χ2n) is 5.68. The van der Waals surface area contributed by atoms with Crippen LogP contribution in [0.5, 0.6) is 0 Å². The molecular formula is C15H32N2O2. The molecule has 0 aromatic rings. The summed E-state index contributed by atoms with van der Waals surface area (Å²) in [7, 11) is 1.71. The van der Waals surface area contributed by atoms with Crippen LogP contribution in [0.3, 0.4) is 0 Å². The van der Waals surface area contributed by atoms with Crippen molar-refractivity contribution in [3.8, 4) is 0 Å². The molecule has 0 aromatic carbocycles. The first-order chi connectivity index (χ1) is 9.19. The maximum absolute atomic E-state index is 5.60. The Morgan fingerprint density at radius 3 is 2.79 bits per heavy atom. The molecule has 4 nitrogen and oxygen atoms in total. The van der Waals surface area contributed by atoms with Gasteiger partial charge in [0, 0.05) is 32.3 Å². The fourth-order valence-electron chi connectivity index (χ4n) is 2.56. The van der Waals surface area contributed by atoms with E-state index in [1.54, 1.807) is 7.11 Å². The number of hydrogen-bond acceptors (Lipinski definition) is 4. The normalized spacial score (nSPS) is 27.2. The van der Waals surface area contributed by atoms with Crippen molar-refractivity contribution in [2.24, 2.45) is 5.92 Å². The van der Waals surface area contributed by atoms with Crippen LogP contribution in [0.25, 0.3) is 0 Å². The zero-order valence-electron chi connectivity index (χ0n) is 13.2. The van der Waals surface area contributed by atoms with E-state index in [2.05, 4.69) is 31.0 Å². The van der Waals surface area contributed by atoms with Crippen LogP contribution in [0.15, 0.2) is 0 Å². The van der Waals surface area contributed by atoms with Gasteiger partial charge >= 0.3 is 0 Å². The van der Waals surface area contributed by atoms with Gasteiger partial charge in [-0.25, -0.2) is 0 Å². The van der Waals surface area contributed by atoms with Gasteiger partial charge in [0.05, 0.1) is 19.8 Å². The fourth-order valence-corrected chi connectivity index (χ4v) is 2.56. The highest BCUT2D eigenvalue weighted by Crippen LogP contribution is 2.15. The Labute approximate surface area is 118 Å². The first-order valence-corrected chi connectivity index (χ1v) is 7.73. The fraction of sp³-hybridized carbons (Fsp3) is 1.00. The van der Waals surface area contributed by atoms with Crippen molar-refractivity contribution in [1.82, 2.24) is 10.2 Å². The molecule has 1 heterocycles. The lowest BCUT2D eigenvalue weighted by Crippen LogP contribution is -2.44. The maximum atomic E-state index is 5.60. The second kappa shape index (κ2) is 9.70. The molecule has 1 fully saturated rings. The molecule has 1 rings (SSSR count). The number of methoxy groups -OCH3 is 1. The number of nitrogens with one attached hydrogen (secondary N) is 1. The van der Waals surface area contributed by atoms with Crippen molar-refractivity contribution in [3.05, 3.63) is 0 Å². The third-order valence-electron chi connectivity index (χ3n) is 4.31. The van der Waals surface area contributed by atoms with Crippen molar-refractivity contribution in [1.29, 1.82) is 0 Å². The zero-order chi connectivity index (χ0) is 14.1. The molecule has 4 heteroatoms. The summed E-state index contributed by atoms with van der Waals surface area (Å²) in [5, 5.41) is 3.70. The Morgan fingerprint density at radius 1 is 1.32 bits per heavy atom. The lowest BCUT2D eigenvalue weighted by atomic mass is 9.99. The maximum Gasteiger partial charge on any atom is 0.0700 e. The van der Waals surface area contributed by atoms with Gasteiger partial charge < -0.3 is 14.8 Å². The third-order valence-corrected chi connectivity index (χ3v) is 4.31.